The Hall–Kier alpha value is -1.62. The molecule has 5 heteroatoms. The van der Waals surface area contributed by atoms with Crippen LogP contribution in [0.15, 0.2) is 18.2 Å². The van der Waals surface area contributed by atoms with Gasteiger partial charge in [-0.15, -0.1) is 0 Å². The predicted octanol–water partition coefficient (Wildman–Crippen LogP) is 1.90. The molecule has 108 valence electrons. The van der Waals surface area contributed by atoms with Gasteiger partial charge in [0.15, 0.2) is 0 Å². The summed E-state index contributed by atoms with van der Waals surface area (Å²) in [6.07, 6.45) is 1.56. The highest BCUT2D eigenvalue weighted by Gasteiger charge is 2.37. The summed E-state index contributed by atoms with van der Waals surface area (Å²) in [6, 6.07) is 4.48. The molecule has 0 aromatic heterocycles. The predicted molar refractivity (Wildman–Crippen MR) is 72.8 cm³/mol. The van der Waals surface area contributed by atoms with E-state index in [2.05, 4.69) is 4.90 Å². The van der Waals surface area contributed by atoms with E-state index in [0.717, 1.165) is 37.7 Å². The number of aromatic hydroxyl groups is 1. The molecule has 2 aliphatic rings. The van der Waals surface area contributed by atoms with Crippen LogP contribution in [0.1, 0.15) is 31.4 Å². The van der Waals surface area contributed by atoms with Gasteiger partial charge in [0.05, 0.1) is 0 Å². The maximum Gasteiger partial charge on any atom is 0.222 e. The molecule has 2 heterocycles. The molecule has 3 rings (SSSR count). The Morgan fingerprint density at radius 3 is 2.95 bits per heavy atom. The smallest absolute Gasteiger partial charge is 0.222 e. The van der Waals surface area contributed by atoms with Crippen LogP contribution >= 0.6 is 0 Å². The third kappa shape index (κ3) is 2.26. The first-order chi connectivity index (χ1) is 9.56. The third-order valence-electron chi connectivity index (χ3n) is 4.52. The highest BCUT2D eigenvalue weighted by molar-refractivity contribution is 5.78. The fraction of sp³-hybridized carbons (Fsp3) is 0.533. The molecule has 0 bridgehead atoms. The number of amides is 1. The van der Waals surface area contributed by atoms with Gasteiger partial charge in [-0.05, 0) is 19.4 Å². The number of fused-ring (bicyclic) bond motifs is 1. The van der Waals surface area contributed by atoms with Gasteiger partial charge in [0.2, 0.25) is 5.91 Å². The van der Waals surface area contributed by atoms with Gasteiger partial charge < -0.3 is 10.0 Å². The van der Waals surface area contributed by atoms with Crippen molar-refractivity contribution in [3.8, 4) is 5.75 Å². The van der Waals surface area contributed by atoms with Crippen molar-refractivity contribution >= 4 is 5.91 Å². The minimum Gasteiger partial charge on any atom is -0.508 e. The molecule has 1 aromatic rings. The number of hydrogen-bond donors (Lipinski definition) is 1. The molecule has 2 aliphatic heterocycles. The molecule has 2 atom stereocenters. The van der Waals surface area contributed by atoms with E-state index in [-0.39, 0.29) is 17.7 Å². The second kappa shape index (κ2) is 5.05. The minimum absolute atomic E-state index is 0.00225. The van der Waals surface area contributed by atoms with Crippen LogP contribution in [0.2, 0.25) is 0 Å². The van der Waals surface area contributed by atoms with E-state index in [4.69, 9.17) is 0 Å². The molecular weight excluding hydrogens is 259 g/mol. The van der Waals surface area contributed by atoms with E-state index in [1.165, 1.54) is 6.07 Å². The third-order valence-corrected chi connectivity index (χ3v) is 4.52. The zero-order chi connectivity index (χ0) is 14.3. The summed E-state index contributed by atoms with van der Waals surface area (Å²) >= 11 is 0. The van der Waals surface area contributed by atoms with Crippen LogP contribution in [-0.4, -0.2) is 46.5 Å². The van der Waals surface area contributed by atoms with E-state index >= 15 is 0 Å². The molecule has 2 unspecified atom stereocenters. The van der Waals surface area contributed by atoms with Crippen molar-refractivity contribution in [2.75, 3.05) is 19.6 Å². The lowest BCUT2D eigenvalue weighted by Gasteiger charge is -2.40. The van der Waals surface area contributed by atoms with Gasteiger partial charge in [-0.25, -0.2) is 4.39 Å². The van der Waals surface area contributed by atoms with Crippen LogP contribution in [0.3, 0.4) is 0 Å². The Kier molecular flexibility index (Phi) is 3.38. The molecule has 1 aromatic carbocycles. The van der Waals surface area contributed by atoms with Gasteiger partial charge in [-0.1, -0.05) is 6.07 Å². The number of benzene rings is 1. The lowest BCUT2D eigenvalue weighted by Crippen LogP contribution is -2.51. The number of rotatable bonds is 2. The number of halogens is 1. The summed E-state index contributed by atoms with van der Waals surface area (Å²) in [4.78, 5) is 15.9. The minimum atomic E-state index is -0.426. The molecule has 2 fully saturated rings. The van der Waals surface area contributed by atoms with E-state index < -0.39 is 5.82 Å². The van der Waals surface area contributed by atoms with Gasteiger partial charge in [0, 0.05) is 49.8 Å². The zero-order valence-electron chi connectivity index (χ0n) is 11.6. The van der Waals surface area contributed by atoms with Gasteiger partial charge in [-0.3, -0.25) is 9.69 Å². The summed E-state index contributed by atoms with van der Waals surface area (Å²) in [5.41, 5.74) is 0.740. The van der Waals surface area contributed by atoms with Crippen molar-refractivity contribution in [2.24, 2.45) is 0 Å². The Morgan fingerprint density at radius 2 is 2.20 bits per heavy atom. The van der Waals surface area contributed by atoms with Crippen LogP contribution < -0.4 is 0 Å². The first-order valence-electron chi connectivity index (χ1n) is 7.08. The topological polar surface area (TPSA) is 43.8 Å². The van der Waals surface area contributed by atoms with Crippen molar-refractivity contribution in [1.82, 2.24) is 9.80 Å². The number of carbonyl (C=O) groups is 1. The summed E-state index contributed by atoms with van der Waals surface area (Å²) < 4.78 is 13.1. The van der Waals surface area contributed by atoms with Crippen molar-refractivity contribution in [1.29, 1.82) is 0 Å². The largest absolute Gasteiger partial charge is 0.508 e. The Labute approximate surface area is 117 Å². The van der Waals surface area contributed by atoms with Gasteiger partial charge in [0.1, 0.15) is 11.6 Å². The molecule has 0 radical (unpaired) electrons. The number of phenolic OH excluding ortho intramolecular Hbond substituents is 1. The molecule has 4 nitrogen and oxygen atoms in total. The van der Waals surface area contributed by atoms with Crippen LogP contribution in [-0.2, 0) is 4.79 Å². The second-order valence-corrected chi connectivity index (χ2v) is 5.65. The molecule has 20 heavy (non-hydrogen) atoms. The van der Waals surface area contributed by atoms with E-state index in [0.29, 0.717) is 12.5 Å². The summed E-state index contributed by atoms with van der Waals surface area (Å²) in [6.45, 7) is 4.37. The molecular formula is C15H19FN2O2. The van der Waals surface area contributed by atoms with Crippen LogP contribution in [0, 0.1) is 5.82 Å². The standard InChI is InChI=1S/C15H19FN2O2/c1-10(13-4-2-11(16)8-14(13)19)17-6-7-18-12(9-17)3-5-15(18)20/h2,4,8,10,12,19H,3,5-7,9H2,1H3. The zero-order valence-corrected chi connectivity index (χ0v) is 11.6. The van der Waals surface area contributed by atoms with Gasteiger partial charge in [0.25, 0.3) is 0 Å². The normalized spacial score (nSPS) is 24.8. The summed E-state index contributed by atoms with van der Waals surface area (Å²) in [5.74, 6) is -0.168. The SMILES string of the molecule is CC(c1ccc(F)cc1O)N1CCN2C(=O)CCC2C1. The summed E-state index contributed by atoms with van der Waals surface area (Å²) in [5, 5.41) is 9.89. The number of nitrogens with zero attached hydrogens (tertiary/aromatic N) is 2. The summed E-state index contributed by atoms with van der Waals surface area (Å²) in [7, 11) is 0. The Bertz CT molecular complexity index is 535. The maximum absolute atomic E-state index is 13.1. The van der Waals surface area contributed by atoms with Gasteiger partial charge in [-0.2, -0.15) is 0 Å². The van der Waals surface area contributed by atoms with E-state index in [9.17, 15) is 14.3 Å². The van der Waals surface area contributed by atoms with Crippen molar-refractivity contribution in [3.63, 3.8) is 0 Å². The first-order valence-corrected chi connectivity index (χ1v) is 7.08. The molecule has 2 saturated heterocycles. The molecule has 0 saturated carbocycles. The lowest BCUT2D eigenvalue weighted by molar-refractivity contribution is -0.131. The first kappa shape index (κ1) is 13.4. The average molecular weight is 278 g/mol. The molecule has 0 aliphatic carbocycles. The van der Waals surface area contributed by atoms with Gasteiger partial charge >= 0.3 is 0 Å². The highest BCUT2D eigenvalue weighted by atomic mass is 19.1. The maximum atomic E-state index is 13.1. The van der Waals surface area contributed by atoms with Crippen LogP contribution in [0.4, 0.5) is 4.39 Å². The fourth-order valence-electron chi connectivity index (χ4n) is 3.31. The Balaban J connectivity index is 1.75. The number of piperazine rings is 1. The van der Waals surface area contributed by atoms with Crippen molar-refractivity contribution in [2.45, 2.75) is 31.8 Å². The molecule has 1 N–H and O–H groups in total. The average Bonchev–Trinajstić information content (AvgIpc) is 2.79. The monoisotopic (exact) mass is 278 g/mol. The van der Waals surface area contributed by atoms with E-state index in [1.54, 1.807) is 6.07 Å². The van der Waals surface area contributed by atoms with Crippen molar-refractivity contribution in [3.05, 3.63) is 29.6 Å². The Morgan fingerprint density at radius 1 is 1.40 bits per heavy atom. The number of hydrogen-bond acceptors (Lipinski definition) is 3. The van der Waals surface area contributed by atoms with E-state index in [1.807, 2.05) is 11.8 Å². The number of carbonyl (C=O) groups excluding carboxylic acids is 1. The van der Waals surface area contributed by atoms with Crippen molar-refractivity contribution < 1.29 is 14.3 Å². The number of phenols is 1. The van der Waals surface area contributed by atoms with Crippen LogP contribution in [0.5, 0.6) is 5.75 Å². The molecule has 0 spiro atoms. The quantitative estimate of drug-likeness (QED) is 0.898. The highest BCUT2D eigenvalue weighted by Crippen LogP contribution is 2.32. The fourth-order valence-corrected chi connectivity index (χ4v) is 3.31. The van der Waals surface area contributed by atoms with Crippen LogP contribution in [0.25, 0.3) is 0 Å². The lowest BCUT2D eigenvalue weighted by atomic mass is 10.0. The molecule has 1 amide bonds. The second-order valence-electron chi connectivity index (χ2n) is 5.65.